The number of halogens is 4. The zero-order chi connectivity index (χ0) is 29.4. The number of benzene rings is 2. The monoisotopic (exact) mass is 561 g/mol. The Labute approximate surface area is 222 Å². The topological polar surface area (TPSA) is 156 Å². The average Bonchev–Trinajstić information content (AvgIpc) is 3.26. The highest BCUT2D eigenvalue weighted by atomic mass is 19.4. The third-order valence-corrected chi connectivity index (χ3v) is 4.85. The van der Waals surface area contributed by atoms with Gasteiger partial charge in [-0.05, 0) is 36.4 Å². The number of carbonyl (C=O) groups is 3. The third kappa shape index (κ3) is 8.01. The Morgan fingerprint density at radius 2 is 1.68 bits per heavy atom. The average molecular weight is 561 g/mol. The summed E-state index contributed by atoms with van der Waals surface area (Å²) in [4.78, 5) is 39.4. The Morgan fingerprint density at radius 1 is 0.975 bits per heavy atom. The van der Waals surface area contributed by atoms with E-state index in [2.05, 4.69) is 20.6 Å². The van der Waals surface area contributed by atoms with Gasteiger partial charge in [0.15, 0.2) is 0 Å². The zero-order valence-electron chi connectivity index (χ0n) is 20.3. The van der Waals surface area contributed by atoms with Gasteiger partial charge in [0.05, 0.1) is 16.8 Å². The van der Waals surface area contributed by atoms with E-state index >= 15 is 0 Å². The minimum Gasteiger partial charge on any atom is -0.478 e. The molecule has 4 rings (SSSR count). The lowest BCUT2D eigenvalue weighted by atomic mass is 10.2. The van der Waals surface area contributed by atoms with Crippen LogP contribution in [0, 0.1) is 5.82 Å². The molecule has 4 N–H and O–H groups in total. The highest BCUT2D eigenvalue weighted by Gasteiger charge is 2.30. The number of hydrogen-bond acceptors (Lipinski definition) is 6. The first-order valence-electron chi connectivity index (χ1n) is 11.0. The second-order valence-electron chi connectivity index (χ2n) is 7.75. The fourth-order valence-electron chi connectivity index (χ4n) is 3.13. The molecule has 0 radical (unpaired) electrons. The number of aryl methyl sites for hydroxylation is 1. The van der Waals surface area contributed by atoms with Crippen molar-refractivity contribution in [3.63, 3.8) is 0 Å². The molecule has 0 spiro atoms. The van der Waals surface area contributed by atoms with Gasteiger partial charge < -0.3 is 30.2 Å². The molecular weight excluding hydrogens is 542 g/mol. The quantitative estimate of drug-likeness (QED) is 0.183. The van der Waals surface area contributed by atoms with Crippen LogP contribution >= 0.6 is 0 Å². The summed E-state index contributed by atoms with van der Waals surface area (Å²) >= 11 is 0. The summed E-state index contributed by atoms with van der Waals surface area (Å²) in [7, 11) is 1.79. The van der Waals surface area contributed by atoms with E-state index in [9.17, 15) is 31.9 Å². The number of nitrogens with one attached hydrogen (secondary N) is 2. The number of ether oxygens (including phenoxy) is 1. The number of hydrogen-bond donors (Lipinski definition) is 4. The Hall–Kier alpha value is -5.47. The number of nitrogens with zero attached hydrogens (tertiary/aromatic N) is 3. The van der Waals surface area contributed by atoms with Crippen molar-refractivity contribution in [2.24, 2.45) is 7.05 Å². The number of rotatable bonds is 6. The van der Waals surface area contributed by atoms with Gasteiger partial charge in [-0.2, -0.15) is 18.2 Å². The van der Waals surface area contributed by atoms with Crippen LogP contribution < -0.4 is 15.4 Å². The van der Waals surface area contributed by atoms with Gasteiger partial charge in [-0.15, -0.1) is 0 Å². The maximum absolute atomic E-state index is 14.5. The molecule has 40 heavy (non-hydrogen) atoms. The minimum atomic E-state index is -4.55. The Morgan fingerprint density at radius 3 is 2.30 bits per heavy atom. The Kier molecular flexibility index (Phi) is 9.01. The summed E-state index contributed by atoms with van der Waals surface area (Å²) in [5.74, 6) is -2.96. The van der Waals surface area contributed by atoms with Gasteiger partial charge in [0.2, 0.25) is 5.88 Å². The van der Waals surface area contributed by atoms with E-state index in [1.807, 2.05) is 0 Å². The molecule has 11 nitrogen and oxygen atoms in total. The molecule has 208 valence electrons. The molecule has 2 aromatic carbocycles. The second-order valence-corrected chi connectivity index (χ2v) is 7.75. The van der Waals surface area contributed by atoms with E-state index in [4.69, 9.17) is 14.9 Å². The normalized spacial score (nSPS) is 11.0. The number of anilines is 2. The Bertz CT molecular complexity index is 1570. The first-order valence-corrected chi connectivity index (χ1v) is 11.0. The third-order valence-electron chi connectivity index (χ3n) is 4.85. The van der Waals surface area contributed by atoms with E-state index in [0.717, 1.165) is 24.3 Å². The molecule has 2 amide bonds. The summed E-state index contributed by atoms with van der Waals surface area (Å²) in [6.07, 6.45) is -0.333. The lowest BCUT2D eigenvalue weighted by Crippen LogP contribution is -2.20. The van der Waals surface area contributed by atoms with Crippen molar-refractivity contribution in [2.45, 2.75) is 6.18 Å². The van der Waals surface area contributed by atoms with Gasteiger partial charge in [0, 0.05) is 37.2 Å². The maximum atomic E-state index is 14.5. The molecule has 2 aromatic heterocycles. The fourth-order valence-corrected chi connectivity index (χ4v) is 3.13. The first kappa shape index (κ1) is 29.1. The molecule has 0 aliphatic heterocycles. The molecule has 0 bridgehead atoms. The number of carboxylic acid groups (broad SMARTS) is 2. The van der Waals surface area contributed by atoms with Crippen LogP contribution in [0.3, 0.4) is 0 Å². The van der Waals surface area contributed by atoms with Crippen LogP contribution in [-0.2, 0) is 22.8 Å². The first-order chi connectivity index (χ1) is 18.8. The van der Waals surface area contributed by atoms with E-state index in [1.54, 1.807) is 23.9 Å². The number of carbonyl (C=O) groups excluding carboxylic acids is 1. The predicted octanol–water partition coefficient (Wildman–Crippen LogP) is 5.27. The largest absolute Gasteiger partial charge is 0.478 e. The zero-order valence-corrected chi connectivity index (χ0v) is 20.3. The fraction of sp³-hybridized carbons (Fsp3) is 0.0800. The van der Waals surface area contributed by atoms with Gasteiger partial charge in [0.25, 0.3) is 0 Å². The van der Waals surface area contributed by atoms with Crippen molar-refractivity contribution < 1.29 is 46.9 Å². The predicted molar refractivity (Wildman–Crippen MR) is 133 cm³/mol. The maximum Gasteiger partial charge on any atom is 0.416 e. The van der Waals surface area contributed by atoms with Gasteiger partial charge in [-0.3, -0.25) is 0 Å². The highest BCUT2D eigenvalue weighted by molar-refractivity contribution is 6.00. The molecule has 0 aliphatic carbocycles. The van der Waals surface area contributed by atoms with Crippen molar-refractivity contribution in [1.82, 2.24) is 14.5 Å². The van der Waals surface area contributed by atoms with Crippen LogP contribution in [0.4, 0.5) is 33.7 Å². The Balaban J connectivity index is 0.000000482. The summed E-state index contributed by atoms with van der Waals surface area (Å²) in [6, 6.07) is 8.70. The lowest BCUT2D eigenvalue weighted by molar-refractivity contribution is -0.137. The van der Waals surface area contributed by atoms with Crippen LogP contribution in [0.25, 0.3) is 11.0 Å². The van der Waals surface area contributed by atoms with Crippen molar-refractivity contribution in [3.8, 4) is 11.6 Å². The summed E-state index contributed by atoms with van der Waals surface area (Å²) in [6.45, 7) is 0. The van der Waals surface area contributed by atoms with Crippen LogP contribution in [0.2, 0.25) is 0 Å². The molecule has 2 heterocycles. The van der Waals surface area contributed by atoms with Crippen molar-refractivity contribution in [3.05, 3.63) is 84.6 Å². The second kappa shape index (κ2) is 12.4. The standard InChI is InChI=1S/C21H15F4N5O2.C4H4O4/c1-30-8-7-17-18(30)19(27-11-26-17)32-14-5-6-16(15(22)10-14)29-20(31)28-13-4-2-3-12(9-13)21(23,24)25;5-3(6)1-2-4(7)8/h2-11H,1H3,(H2,28,29,31);1-2H,(H,5,6)(H,7,8)/b;2-1+. The number of urea groups is 1. The SMILES string of the molecule is Cn1ccc2ncnc(Oc3ccc(NC(=O)Nc4cccc(C(F)(F)F)c4)c(F)c3)c21.O=C(O)/C=C/C(=O)O. The van der Waals surface area contributed by atoms with E-state index in [0.29, 0.717) is 23.2 Å². The molecule has 0 saturated heterocycles. The minimum absolute atomic E-state index is 0.0898. The molecule has 0 unspecified atom stereocenters. The number of aromatic nitrogens is 3. The number of carboxylic acids is 2. The van der Waals surface area contributed by atoms with Crippen LogP contribution in [0.15, 0.2) is 73.2 Å². The van der Waals surface area contributed by atoms with Gasteiger partial charge in [0.1, 0.15) is 23.4 Å². The molecule has 0 fully saturated rings. The van der Waals surface area contributed by atoms with Gasteiger partial charge in [-0.25, -0.2) is 23.8 Å². The molecule has 0 aliphatic rings. The van der Waals surface area contributed by atoms with Crippen LogP contribution in [0.5, 0.6) is 11.6 Å². The van der Waals surface area contributed by atoms with Gasteiger partial charge >= 0.3 is 24.1 Å². The highest BCUT2D eigenvalue weighted by Crippen LogP contribution is 2.31. The van der Waals surface area contributed by atoms with Crippen molar-refractivity contribution in [1.29, 1.82) is 0 Å². The van der Waals surface area contributed by atoms with Crippen LogP contribution in [0.1, 0.15) is 5.56 Å². The number of aliphatic carboxylic acids is 2. The molecule has 15 heteroatoms. The lowest BCUT2D eigenvalue weighted by Gasteiger charge is -2.12. The summed E-state index contributed by atoms with van der Waals surface area (Å²) in [5, 5.41) is 20.1. The van der Waals surface area contributed by atoms with E-state index in [-0.39, 0.29) is 23.0 Å². The van der Waals surface area contributed by atoms with Crippen molar-refractivity contribution >= 4 is 40.4 Å². The van der Waals surface area contributed by atoms with Crippen LogP contribution in [-0.4, -0.2) is 42.7 Å². The molecule has 4 aromatic rings. The van der Waals surface area contributed by atoms with Crippen molar-refractivity contribution in [2.75, 3.05) is 10.6 Å². The van der Waals surface area contributed by atoms with Gasteiger partial charge in [-0.1, -0.05) is 6.07 Å². The molecule has 0 atom stereocenters. The number of alkyl halides is 3. The van der Waals surface area contributed by atoms with E-state index in [1.165, 1.54) is 24.5 Å². The number of amides is 2. The smallest absolute Gasteiger partial charge is 0.416 e. The molecule has 0 saturated carbocycles. The molecular formula is C25H19F4N5O6. The summed E-state index contributed by atoms with van der Waals surface area (Å²) in [5.41, 5.74) is 0.0830. The van der Waals surface area contributed by atoms with E-state index < -0.39 is 35.5 Å². The summed E-state index contributed by atoms with van der Waals surface area (Å²) < 4.78 is 60.3. The number of fused-ring (bicyclic) bond motifs is 1.